The van der Waals surface area contributed by atoms with Gasteiger partial charge in [-0.2, -0.15) is 0 Å². The second kappa shape index (κ2) is 7.35. The van der Waals surface area contributed by atoms with E-state index in [4.69, 9.17) is 11.6 Å². The van der Waals surface area contributed by atoms with Gasteiger partial charge in [-0.05, 0) is 55.0 Å². The van der Waals surface area contributed by atoms with Gasteiger partial charge in [-0.3, -0.25) is 9.59 Å². The van der Waals surface area contributed by atoms with Gasteiger partial charge in [0.05, 0.1) is 22.6 Å². The fraction of sp³-hybridized carbons (Fsp3) is 0.136. The first-order valence-electron chi connectivity index (χ1n) is 9.62. The Morgan fingerprint density at radius 3 is 2.60 bits per heavy atom. The van der Waals surface area contributed by atoms with Gasteiger partial charge in [-0.1, -0.05) is 11.6 Å². The molecule has 1 fully saturated rings. The number of carbonyl (C=O) groups excluding carboxylic acids is 2. The summed E-state index contributed by atoms with van der Waals surface area (Å²) in [5, 5.41) is 9.94. The van der Waals surface area contributed by atoms with Crippen LogP contribution in [0, 0.1) is 0 Å². The summed E-state index contributed by atoms with van der Waals surface area (Å²) in [7, 11) is 0. The average molecular weight is 420 g/mol. The zero-order valence-corrected chi connectivity index (χ0v) is 16.7. The van der Waals surface area contributed by atoms with Gasteiger partial charge >= 0.3 is 0 Å². The summed E-state index contributed by atoms with van der Waals surface area (Å²) in [5.41, 5.74) is 5.02. The van der Waals surface area contributed by atoms with Crippen LogP contribution in [-0.4, -0.2) is 23.3 Å². The Labute approximate surface area is 178 Å². The highest BCUT2D eigenvalue weighted by molar-refractivity contribution is 6.29. The third kappa shape index (κ3) is 3.44. The van der Waals surface area contributed by atoms with Crippen LogP contribution in [0.25, 0.3) is 0 Å². The fourth-order valence-electron chi connectivity index (χ4n) is 3.74. The standard InChI is InChI=1S/C22H18ClN5O2/c23-20-11-14(7-8-24-20)25-13-3-5-16-18(10-13)26-17-6-4-15(12-19(17)27-22(16)30)28-9-1-2-21(28)29/h3-8,10-12,26H,1-2,9H2,(H,24,25)(H,27,30). The van der Waals surface area contributed by atoms with Crippen molar-refractivity contribution in [3.8, 4) is 0 Å². The number of halogens is 1. The van der Waals surface area contributed by atoms with Crippen molar-refractivity contribution in [1.82, 2.24) is 4.98 Å². The van der Waals surface area contributed by atoms with Gasteiger partial charge in [0.2, 0.25) is 5.91 Å². The number of aromatic nitrogens is 1. The molecule has 5 rings (SSSR count). The molecule has 30 heavy (non-hydrogen) atoms. The minimum Gasteiger partial charge on any atom is -0.355 e. The quantitative estimate of drug-likeness (QED) is 0.525. The molecule has 3 N–H and O–H groups in total. The van der Waals surface area contributed by atoms with Gasteiger partial charge in [-0.25, -0.2) is 4.98 Å². The Hall–Kier alpha value is -3.58. The number of nitrogens with zero attached hydrogens (tertiary/aromatic N) is 2. The molecule has 1 saturated heterocycles. The maximum atomic E-state index is 12.8. The van der Waals surface area contributed by atoms with E-state index in [2.05, 4.69) is 20.9 Å². The molecular weight excluding hydrogens is 402 g/mol. The molecule has 0 spiro atoms. The summed E-state index contributed by atoms with van der Waals surface area (Å²) in [6.45, 7) is 0.702. The molecule has 8 heteroatoms. The lowest BCUT2D eigenvalue weighted by molar-refractivity contribution is -0.117. The summed E-state index contributed by atoms with van der Waals surface area (Å²) in [4.78, 5) is 30.6. The van der Waals surface area contributed by atoms with E-state index in [9.17, 15) is 9.59 Å². The Morgan fingerprint density at radius 1 is 0.933 bits per heavy atom. The summed E-state index contributed by atoms with van der Waals surface area (Å²) in [6.07, 6.45) is 3.04. The average Bonchev–Trinajstić information content (AvgIpc) is 3.09. The van der Waals surface area contributed by atoms with Crippen molar-refractivity contribution in [1.29, 1.82) is 0 Å². The van der Waals surface area contributed by atoms with Crippen LogP contribution in [0.2, 0.25) is 5.15 Å². The number of hydrogen-bond donors (Lipinski definition) is 3. The predicted molar refractivity (Wildman–Crippen MR) is 118 cm³/mol. The Kier molecular flexibility index (Phi) is 4.52. The van der Waals surface area contributed by atoms with Crippen LogP contribution < -0.4 is 20.9 Å². The molecule has 2 aromatic carbocycles. The number of rotatable bonds is 3. The first-order valence-corrected chi connectivity index (χ1v) is 10.00. The van der Waals surface area contributed by atoms with E-state index in [1.807, 2.05) is 36.4 Å². The fourth-order valence-corrected chi connectivity index (χ4v) is 3.91. The lowest BCUT2D eigenvalue weighted by Gasteiger charge is -2.18. The van der Waals surface area contributed by atoms with Gasteiger partial charge in [-0.15, -0.1) is 0 Å². The molecule has 0 atom stereocenters. The first-order chi connectivity index (χ1) is 14.6. The molecule has 0 saturated carbocycles. The Bertz CT molecular complexity index is 1180. The van der Waals surface area contributed by atoms with Crippen LogP contribution in [-0.2, 0) is 4.79 Å². The molecule has 3 aromatic rings. The van der Waals surface area contributed by atoms with Crippen molar-refractivity contribution in [2.24, 2.45) is 0 Å². The molecule has 0 unspecified atom stereocenters. The maximum Gasteiger partial charge on any atom is 0.257 e. The molecule has 2 amide bonds. The third-order valence-electron chi connectivity index (χ3n) is 5.19. The molecule has 0 bridgehead atoms. The largest absolute Gasteiger partial charge is 0.355 e. The van der Waals surface area contributed by atoms with Crippen molar-refractivity contribution >= 4 is 57.5 Å². The number of carbonyl (C=O) groups is 2. The summed E-state index contributed by atoms with van der Waals surface area (Å²) in [5.74, 6) is -0.0993. The normalized spacial score (nSPS) is 15.0. The second-order valence-corrected chi connectivity index (χ2v) is 7.60. The van der Waals surface area contributed by atoms with Crippen LogP contribution in [0.1, 0.15) is 23.2 Å². The molecule has 1 aromatic heterocycles. The number of anilines is 6. The number of nitrogens with one attached hydrogen (secondary N) is 3. The zero-order chi connectivity index (χ0) is 20.7. The van der Waals surface area contributed by atoms with Gasteiger partial charge in [0, 0.05) is 36.2 Å². The lowest BCUT2D eigenvalue weighted by atomic mass is 10.1. The van der Waals surface area contributed by atoms with E-state index in [0.717, 1.165) is 29.2 Å². The monoisotopic (exact) mass is 419 g/mol. The molecule has 7 nitrogen and oxygen atoms in total. The summed E-state index contributed by atoms with van der Waals surface area (Å²) < 4.78 is 0. The first kappa shape index (κ1) is 18.4. The molecule has 3 heterocycles. The van der Waals surface area contributed by atoms with E-state index >= 15 is 0 Å². The molecular formula is C22H18ClN5O2. The number of amides is 2. The van der Waals surface area contributed by atoms with Gasteiger partial charge in [0.1, 0.15) is 5.15 Å². The molecule has 150 valence electrons. The van der Waals surface area contributed by atoms with Gasteiger partial charge in [0.15, 0.2) is 0 Å². The van der Waals surface area contributed by atoms with Crippen LogP contribution >= 0.6 is 11.6 Å². The molecule has 0 radical (unpaired) electrons. The number of fused-ring (bicyclic) bond motifs is 2. The van der Waals surface area contributed by atoms with Crippen LogP contribution in [0.5, 0.6) is 0 Å². The second-order valence-electron chi connectivity index (χ2n) is 7.21. The number of hydrogen-bond acceptors (Lipinski definition) is 5. The molecule has 2 aliphatic heterocycles. The lowest BCUT2D eigenvalue weighted by Crippen LogP contribution is -2.23. The SMILES string of the molecule is O=C1Nc2cc(N3CCCC3=O)ccc2Nc2cc(Nc3ccnc(Cl)c3)ccc21. The van der Waals surface area contributed by atoms with Crippen LogP contribution in [0.15, 0.2) is 54.7 Å². The minimum absolute atomic E-state index is 0.109. The van der Waals surface area contributed by atoms with E-state index in [-0.39, 0.29) is 11.8 Å². The van der Waals surface area contributed by atoms with Crippen LogP contribution in [0.3, 0.4) is 0 Å². The van der Waals surface area contributed by atoms with E-state index in [1.165, 1.54) is 0 Å². The third-order valence-corrected chi connectivity index (χ3v) is 5.39. The highest BCUT2D eigenvalue weighted by Crippen LogP contribution is 2.37. The van der Waals surface area contributed by atoms with Crippen molar-refractivity contribution < 1.29 is 9.59 Å². The van der Waals surface area contributed by atoms with Crippen molar-refractivity contribution in [2.45, 2.75) is 12.8 Å². The minimum atomic E-state index is -0.209. The Balaban J connectivity index is 1.46. The number of benzene rings is 2. The van der Waals surface area contributed by atoms with Crippen molar-refractivity contribution in [3.63, 3.8) is 0 Å². The Morgan fingerprint density at radius 2 is 1.80 bits per heavy atom. The van der Waals surface area contributed by atoms with E-state index < -0.39 is 0 Å². The van der Waals surface area contributed by atoms with E-state index in [1.54, 1.807) is 23.2 Å². The predicted octanol–water partition coefficient (Wildman–Crippen LogP) is 4.91. The van der Waals surface area contributed by atoms with Gasteiger partial charge in [0.25, 0.3) is 5.91 Å². The van der Waals surface area contributed by atoms with E-state index in [0.29, 0.717) is 35.1 Å². The topological polar surface area (TPSA) is 86.4 Å². The number of pyridine rings is 1. The highest BCUT2D eigenvalue weighted by atomic mass is 35.5. The maximum absolute atomic E-state index is 12.8. The van der Waals surface area contributed by atoms with Crippen LogP contribution in [0.4, 0.5) is 34.1 Å². The smallest absolute Gasteiger partial charge is 0.257 e. The highest BCUT2D eigenvalue weighted by Gasteiger charge is 2.24. The molecule has 0 aliphatic carbocycles. The molecule has 2 aliphatic rings. The van der Waals surface area contributed by atoms with Crippen molar-refractivity contribution in [2.75, 3.05) is 27.4 Å². The van der Waals surface area contributed by atoms with Gasteiger partial charge < -0.3 is 20.9 Å². The zero-order valence-electron chi connectivity index (χ0n) is 15.9. The summed E-state index contributed by atoms with van der Waals surface area (Å²) >= 11 is 5.95. The van der Waals surface area contributed by atoms with Crippen molar-refractivity contribution in [3.05, 3.63) is 65.4 Å². The summed E-state index contributed by atoms with van der Waals surface area (Å²) in [6, 6.07) is 14.6.